The van der Waals surface area contributed by atoms with Gasteiger partial charge in [0.2, 0.25) is 0 Å². The Morgan fingerprint density at radius 3 is 2.58 bits per heavy atom. The van der Waals surface area contributed by atoms with Gasteiger partial charge < -0.3 is 0 Å². The van der Waals surface area contributed by atoms with Crippen LogP contribution in [0.4, 0.5) is 0 Å². The summed E-state index contributed by atoms with van der Waals surface area (Å²) in [5.41, 5.74) is 3.06. The molecule has 0 amide bonds. The Morgan fingerprint density at radius 2 is 1.73 bits per heavy atom. The molecule has 4 aliphatic rings. The van der Waals surface area contributed by atoms with Crippen LogP contribution in [0.5, 0.6) is 0 Å². The molecule has 26 heavy (non-hydrogen) atoms. The van der Waals surface area contributed by atoms with Crippen LogP contribution in [-0.2, 0) is 0 Å². The largest absolute Gasteiger partial charge is 0.289 e. The van der Waals surface area contributed by atoms with Gasteiger partial charge in [-0.25, -0.2) is 0 Å². The predicted octanol–water partition coefficient (Wildman–Crippen LogP) is 3.80. The maximum Gasteiger partial charge on any atom is 0.194 e. The number of hydrogen-bond acceptors (Lipinski definition) is 2. The van der Waals surface area contributed by atoms with Gasteiger partial charge in [0.15, 0.2) is 10.9 Å². The first-order chi connectivity index (χ1) is 12.5. The second-order valence-electron chi connectivity index (χ2n) is 7.06. The van der Waals surface area contributed by atoms with Crippen LogP contribution in [0.15, 0.2) is 48.9 Å². The van der Waals surface area contributed by atoms with E-state index in [4.69, 9.17) is 0 Å². The minimum Gasteiger partial charge on any atom is -0.289 e. The molecule has 2 nitrogen and oxygen atoms in total. The smallest absolute Gasteiger partial charge is 0.194 e. The van der Waals surface area contributed by atoms with Crippen molar-refractivity contribution in [2.24, 2.45) is 0 Å². The Morgan fingerprint density at radius 1 is 0.923 bits per heavy atom. The minimum absolute atomic E-state index is 0.0557. The van der Waals surface area contributed by atoms with Crippen molar-refractivity contribution in [1.82, 2.24) is 0 Å². The maximum absolute atomic E-state index is 13.3. The maximum atomic E-state index is 13.3. The zero-order valence-corrected chi connectivity index (χ0v) is 16.6. The summed E-state index contributed by atoms with van der Waals surface area (Å²) in [7, 11) is 0. The van der Waals surface area contributed by atoms with Crippen molar-refractivity contribution in [2.45, 2.75) is 12.3 Å². The molecular formula is C22H10Br2O2. The summed E-state index contributed by atoms with van der Waals surface area (Å²) >= 11 is 7.06. The number of halogens is 2. The molecule has 2 aromatic rings. The lowest BCUT2D eigenvalue weighted by atomic mass is 9.75. The molecule has 2 aromatic carbocycles. The lowest BCUT2D eigenvalue weighted by Gasteiger charge is -2.27. The number of hydrogen-bond donors (Lipinski definition) is 0. The van der Waals surface area contributed by atoms with Gasteiger partial charge in [-0.2, -0.15) is 0 Å². The summed E-state index contributed by atoms with van der Waals surface area (Å²) in [6, 6.07) is 7.75. The summed E-state index contributed by atoms with van der Waals surface area (Å²) in [4.78, 5) is 26.6. The second kappa shape index (κ2) is 4.81. The highest BCUT2D eigenvalue weighted by Crippen LogP contribution is 2.41. The average molecular weight is 466 g/mol. The van der Waals surface area contributed by atoms with E-state index >= 15 is 0 Å². The van der Waals surface area contributed by atoms with Crippen molar-refractivity contribution in [3.8, 4) is 11.1 Å². The van der Waals surface area contributed by atoms with Crippen LogP contribution >= 0.6 is 31.9 Å². The van der Waals surface area contributed by atoms with E-state index in [1.54, 1.807) is 0 Å². The summed E-state index contributed by atoms with van der Waals surface area (Å²) in [5, 5.41) is 4.77. The monoisotopic (exact) mass is 464 g/mol. The lowest BCUT2D eigenvalue weighted by molar-refractivity contribution is 0.863. The fraction of sp³-hybridized carbons (Fsp3) is 0.0909. The highest BCUT2D eigenvalue weighted by molar-refractivity contribution is 9.12. The predicted molar refractivity (Wildman–Crippen MR) is 113 cm³/mol. The van der Waals surface area contributed by atoms with Gasteiger partial charge in [0, 0.05) is 47.0 Å². The van der Waals surface area contributed by atoms with Crippen molar-refractivity contribution < 1.29 is 0 Å². The Hall–Kier alpha value is -2.04. The molecule has 0 saturated heterocycles. The van der Waals surface area contributed by atoms with Crippen molar-refractivity contribution in [1.29, 1.82) is 0 Å². The molecule has 0 radical (unpaired) electrons. The molecule has 0 spiro atoms. The van der Waals surface area contributed by atoms with E-state index < -0.39 is 0 Å². The fourth-order valence-corrected chi connectivity index (χ4v) is 5.77. The summed E-state index contributed by atoms with van der Waals surface area (Å²) in [5.74, 6) is 0.139. The van der Waals surface area contributed by atoms with Crippen molar-refractivity contribution in [2.75, 3.05) is 0 Å². The standard InChI is InChI=1S/C22H10Br2O2/c23-11-5-9-1-3-13-19-17(9)15(7-11)22(26)14-4-2-10-6-12(24)8-16(21(13)25)18(10)20(14)19/h1,3-8,10H,2H2. The molecule has 4 heteroatoms. The van der Waals surface area contributed by atoms with Crippen molar-refractivity contribution in [3.63, 3.8) is 0 Å². The van der Waals surface area contributed by atoms with Crippen LogP contribution in [0, 0.1) is 0 Å². The van der Waals surface area contributed by atoms with Crippen LogP contribution in [0.2, 0.25) is 0 Å². The third kappa shape index (κ3) is 1.67. The van der Waals surface area contributed by atoms with E-state index in [9.17, 15) is 9.59 Å². The van der Waals surface area contributed by atoms with Crippen molar-refractivity contribution in [3.05, 3.63) is 75.7 Å². The summed E-state index contributed by atoms with van der Waals surface area (Å²) in [6.45, 7) is 0. The highest BCUT2D eigenvalue weighted by Gasteiger charge is 2.30. The third-order valence-electron chi connectivity index (χ3n) is 5.73. The van der Waals surface area contributed by atoms with Crippen LogP contribution in [0.25, 0.3) is 44.8 Å². The van der Waals surface area contributed by atoms with Gasteiger partial charge in [-0.1, -0.05) is 50.1 Å². The Balaban J connectivity index is 2.08. The molecule has 6 rings (SSSR count). The average Bonchev–Trinajstić information content (AvgIpc) is 2.62. The van der Waals surface area contributed by atoms with Crippen molar-refractivity contribution >= 4 is 65.6 Å². The zero-order valence-electron chi connectivity index (χ0n) is 13.4. The number of allylic oxidation sites excluding steroid dienone is 2. The van der Waals surface area contributed by atoms with Gasteiger partial charge in [-0.3, -0.25) is 9.59 Å². The van der Waals surface area contributed by atoms with Gasteiger partial charge in [-0.05, 0) is 47.2 Å². The molecule has 0 heterocycles. The zero-order chi connectivity index (χ0) is 17.7. The SMILES string of the molecule is O=c1c2c3c4c(c(=O)c5cc(Br)cc6ccc1c-4c65)=CCC3C=C(Br)C=2. The molecule has 1 atom stereocenters. The molecule has 1 unspecified atom stereocenters. The fourth-order valence-electron chi connectivity index (χ4n) is 4.75. The summed E-state index contributed by atoms with van der Waals surface area (Å²) in [6.07, 6.45) is 6.83. The van der Waals surface area contributed by atoms with Gasteiger partial charge in [0.1, 0.15) is 0 Å². The van der Waals surface area contributed by atoms with Gasteiger partial charge >= 0.3 is 0 Å². The van der Waals surface area contributed by atoms with Gasteiger partial charge in [-0.15, -0.1) is 0 Å². The quantitative estimate of drug-likeness (QED) is 0.370. The molecule has 0 saturated carbocycles. The van der Waals surface area contributed by atoms with E-state index in [1.807, 2.05) is 36.4 Å². The summed E-state index contributed by atoms with van der Waals surface area (Å²) < 4.78 is 1.81. The van der Waals surface area contributed by atoms with Gasteiger partial charge in [0.05, 0.1) is 0 Å². The normalized spacial score (nSPS) is 18.2. The number of rotatable bonds is 0. The third-order valence-corrected chi connectivity index (χ3v) is 6.68. The molecule has 124 valence electrons. The van der Waals surface area contributed by atoms with Crippen LogP contribution < -0.4 is 21.3 Å². The molecule has 4 aliphatic carbocycles. The van der Waals surface area contributed by atoms with Crippen LogP contribution in [0.1, 0.15) is 17.9 Å². The first-order valence-electron chi connectivity index (χ1n) is 8.44. The molecule has 0 fully saturated rings. The molecule has 0 N–H and O–H groups in total. The van der Waals surface area contributed by atoms with Gasteiger partial charge in [0.25, 0.3) is 0 Å². The van der Waals surface area contributed by atoms with E-state index in [-0.39, 0.29) is 16.8 Å². The Labute approximate surface area is 164 Å². The second-order valence-corrected chi connectivity index (χ2v) is 8.89. The lowest BCUT2D eigenvalue weighted by Crippen LogP contribution is -2.40. The molecule has 0 bridgehead atoms. The van der Waals surface area contributed by atoms with Crippen LogP contribution in [-0.4, -0.2) is 0 Å². The van der Waals surface area contributed by atoms with E-state index in [0.29, 0.717) is 10.8 Å². The Bertz CT molecular complexity index is 1510. The van der Waals surface area contributed by atoms with E-state index in [2.05, 4.69) is 37.9 Å². The van der Waals surface area contributed by atoms with E-state index in [0.717, 1.165) is 53.3 Å². The number of benzene rings is 4. The highest BCUT2D eigenvalue weighted by atomic mass is 79.9. The first-order valence-corrected chi connectivity index (χ1v) is 10.0. The Kier molecular flexibility index (Phi) is 2.79. The molecular weight excluding hydrogens is 456 g/mol. The molecule has 0 aromatic heterocycles. The molecule has 0 aliphatic heterocycles. The topological polar surface area (TPSA) is 34.1 Å². The first kappa shape index (κ1) is 15.1. The van der Waals surface area contributed by atoms with Crippen LogP contribution in [0.3, 0.4) is 0 Å². The van der Waals surface area contributed by atoms with E-state index in [1.165, 1.54) is 0 Å². The minimum atomic E-state index is 0.0557.